The van der Waals surface area contributed by atoms with Gasteiger partial charge in [0.25, 0.3) is 15.9 Å². The molecule has 0 saturated carbocycles. The Kier molecular flexibility index (Phi) is 5.36. The first-order valence-corrected chi connectivity index (χ1v) is 9.33. The zero-order valence-corrected chi connectivity index (χ0v) is 15.3. The van der Waals surface area contributed by atoms with Gasteiger partial charge in [-0.25, -0.2) is 14.5 Å². The number of aromatic nitrogens is 3. The summed E-state index contributed by atoms with van der Waals surface area (Å²) in [7, 11) is -3.81. The number of esters is 1. The molecule has 2 heterocycles. The van der Waals surface area contributed by atoms with Crippen LogP contribution in [-0.2, 0) is 30.0 Å². The van der Waals surface area contributed by atoms with E-state index in [9.17, 15) is 26.4 Å². The number of nitrogens with one attached hydrogen (secondary N) is 1. The van der Waals surface area contributed by atoms with Crippen LogP contribution in [0.5, 0.6) is 0 Å². The first kappa shape index (κ1) is 20.6. The lowest BCUT2D eigenvalue weighted by molar-refractivity contribution is -0.160. The van der Waals surface area contributed by atoms with Gasteiger partial charge >= 0.3 is 12.1 Å². The molecule has 1 aromatic rings. The molecular weight excluding hydrogens is 381 g/mol. The number of nitrogens with zero attached hydrogens (tertiary/aromatic N) is 3. The molecule has 0 aromatic carbocycles. The number of ether oxygens (including phenoxy) is 1. The van der Waals surface area contributed by atoms with Crippen molar-refractivity contribution >= 4 is 16.1 Å². The van der Waals surface area contributed by atoms with Crippen LogP contribution in [0.1, 0.15) is 44.5 Å². The van der Waals surface area contributed by atoms with E-state index in [2.05, 4.69) is 19.6 Å². The summed E-state index contributed by atoms with van der Waals surface area (Å²) in [6.07, 6.45) is -4.02. The number of hydrogen-bond donors (Lipinski definition) is 1. The minimum atomic E-state index is -4.83. The highest BCUT2D eigenvalue weighted by molar-refractivity contribution is 7.85. The second-order valence-corrected chi connectivity index (χ2v) is 8.38. The monoisotopic (exact) mass is 400 g/mol. The Bertz CT molecular complexity index is 785. The van der Waals surface area contributed by atoms with Crippen LogP contribution in [0.15, 0.2) is 0 Å². The number of carbonyl (C=O) groups excluding carboxylic acids is 1. The van der Waals surface area contributed by atoms with E-state index in [1.165, 1.54) is 0 Å². The van der Waals surface area contributed by atoms with Crippen molar-refractivity contribution in [1.29, 1.82) is 0 Å². The van der Waals surface area contributed by atoms with Gasteiger partial charge in [-0.2, -0.15) is 21.6 Å². The molecule has 2 unspecified atom stereocenters. The van der Waals surface area contributed by atoms with E-state index in [0.717, 1.165) is 10.9 Å². The number of rotatable bonds is 4. The fourth-order valence-corrected chi connectivity index (χ4v) is 2.62. The van der Waals surface area contributed by atoms with Crippen LogP contribution in [0.4, 0.5) is 13.2 Å². The SMILES string of the molecule is CC(C)(C)OC(=O)C1CNC(COS(C)(=O)=O)c2nc(C(F)(F)F)nn21. The fourth-order valence-electron chi connectivity index (χ4n) is 2.23. The number of fused-ring (bicyclic) bond motifs is 1. The molecular formula is C13H19F3N4O5S. The minimum Gasteiger partial charge on any atom is -0.458 e. The van der Waals surface area contributed by atoms with E-state index >= 15 is 0 Å². The van der Waals surface area contributed by atoms with Gasteiger partial charge in [-0.1, -0.05) is 0 Å². The highest BCUT2D eigenvalue weighted by Crippen LogP contribution is 2.31. The van der Waals surface area contributed by atoms with Gasteiger partial charge in [0.1, 0.15) is 11.4 Å². The highest BCUT2D eigenvalue weighted by atomic mass is 32.2. The van der Waals surface area contributed by atoms with E-state index in [-0.39, 0.29) is 12.4 Å². The summed E-state index contributed by atoms with van der Waals surface area (Å²) in [6, 6.07) is -2.17. The first-order valence-electron chi connectivity index (χ1n) is 7.51. The largest absolute Gasteiger partial charge is 0.458 e. The third kappa shape index (κ3) is 5.14. The summed E-state index contributed by atoms with van der Waals surface area (Å²) in [5, 5.41) is 6.13. The van der Waals surface area contributed by atoms with Crippen LogP contribution in [0.25, 0.3) is 0 Å². The topological polar surface area (TPSA) is 112 Å². The minimum absolute atomic E-state index is 0.125. The second-order valence-electron chi connectivity index (χ2n) is 6.73. The molecule has 0 amide bonds. The van der Waals surface area contributed by atoms with Crippen LogP contribution in [0.2, 0.25) is 0 Å². The number of hydrogen-bond acceptors (Lipinski definition) is 8. The average Bonchev–Trinajstić information content (AvgIpc) is 2.86. The Labute approximate surface area is 148 Å². The zero-order valence-electron chi connectivity index (χ0n) is 14.5. The fraction of sp³-hybridized carbons (Fsp3) is 0.769. The third-order valence-electron chi connectivity index (χ3n) is 3.20. The van der Waals surface area contributed by atoms with E-state index in [4.69, 9.17) is 4.74 Å². The summed E-state index contributed by atoms with van der Waals surface area (Å²) in [5.74, 6) is -2.48. The van der Waals surface area contributed by atoms with Gasteiger partial charge in [-0.15, -0.1) is 5.10 Å². The summed E-state index contributed by atoms with van der Waals surface area (Å²) < 4.78 is 71.8. The molecule has 1 N–H and O–H groups in total. The van der Waals surface area contributed by atoms with Crippen molar-refractivity contribution in [1.82, 2.24) is 20.1 Å². The van der Waals surface area contributed by atoms with Gasteiger partial charge in [-0.05, 0) is 20.8 Å². The molecule has 2 rings (SSSR count). The molecule has 1 aliphatic rings. The van der Waals surface area contributed by atoms with Crippen LogP contribution >= 0.6 is 0 Å². The molecule has 148 valence electrons. The highest BCUT2D eigenvalue weighted by Gasteiger charge is 2.43. The molecule has 9 nitrogen and oxygen atoms in total. The maximum absolute atomic E-state index is 13.0. The molecule has 2 atom stereocenters. The maximum Gasteiger partial charge on any atom is 0.453 e. The van der Waals surface area contributed by atoms with Crippen LogP contribution < -0.4 is 5.32 Å². The van der Waals surface area contributed by atoms with Crippen molar-refractivity contribution < 1.29 is 35.3 Å². The summed E-state index contributed by atoms with van der Waals surface area (Å²) in [5.41, 5.74) is -0.846. The lowest BCUT2D eigenvalue weighted by atomic mass is 10.1. The van der Waals surface area contributed by atoms with Gasteiger partial charge in [-0.3, -0.25) is 4.18 Å². The van der Waals surface area contributed by atoms with Crippen molar-refractivity contribution in [2.45, 2.75) is 44.6 Å². The Hall–Kier alpha value is -1.73. The first-order chi connectivity index (χ1) is 11.7. The normalized spacial score (nSPS) is 21.3. The smallest absolute Gasteiger partial charge is 0.453 e. The molecule has 0 saturated heterocycles. The number of alkyl halides is 3. The molecule has 0 bridgehead atoms. The molecule has 0 spiro atoms. The quantitative estimate of drug-likeness (QED) is 0.583. The second kappa shape index (κ2) is 6.78. The lowest BCUT2D eigenvalue weighted by Gasteiger charge is -2.30. The van der Waals surface area contributed by atoms with Crippen molar-refractivity contribution in [2.24, 2.45) is 0 Å². The predicted octanol–water partition coefficient (Wildman–Crippen LogP) is 0.800. The van der Waals surface area contributed by atoms with Crippen molar-refractivity contribution in [3.8, 4) is 0 Å². The van der Waals surface area contributed by atoms with Crippen molar-refractivity contribution in [2.75, 3.05) is 19.4 Å². The predicted molar refractivity (Wildman–Crippen MR) is 81.4 cm³/mol. The summed E-state index contributed by atoms with van der Waals surface area (Å²) >= 11 is 0. The molecule has 1 aromatic heterocycles. The molecule has 0 fully saturated rings. The lowest BCUT2D eigenvalue weighted by Crippen LogP contribution is -2.45. The molecule has 26 heavy (non-hydrogen) atoms. The summed E-state index contributed by atoms with van der Waals surface area (Å²) in [4.78, 5) is 15.7. The zero-order chi connectivity index (χ0) is 19.9. The van der Waals surface area contributed by atoms with E-state index < -0.39 is 52.4 Å². The number of halogens is 3. The molecule has 0 radical (unpaired) electrons. The Balaban J connectivity index is 2.37. The maximum atomic E-state index is 13.0. The van der Waals surface area contributed by atoms with E-state index in [1.54, 1.807) is 20.8 Å². The van der Waals surface area contributed by atoms with Crippen LogP contribution in [-0.4, -0.2) is 54.2 Å². The number of carbonyl (C=O) groups is 1. The van der Waals surface area contributed by atoms with Gasteiger partial charge in [0.2, 0.25) is 0 Å². The summed E-state index contributed by atoms with van der Waals surface area (Å²) in [6.45, 7) is 4.24. The Morgan fingerprint density at radius 1 is 1.35 bits per heavy atom. The average molecular weight is 400 g/mol. The third-order valence-corrected chi connectivity index (χ3v) is 3.77. The van der Waals surface area contributed by atoms with E-state index in [1.807, 2.05) is 0 Å². The Morgan fingerprint density at radius 3 is 2.46 bits per heavy atom. The van der Waals surface area contributed by atoms with Gasteiger partial charge in [0, 0.05) is 6.54 Å². The Morgan fingerprint density at radius 2 is 1.96 bits per heavy atom. The van der Waals surface area contributed by atoms with Crippen LogP contribution in [0.3, 0.4) is 0 Å². The van der Waals surface area contributed by atoms with Crippen molar-refractivity contribution in [3.05, 3.63) is 11.6 Å². The van der Waals surface area contributed by atoms with Crippen LogP contribution in [0, 0.1) is 0 Å². The van der Waals surface area contributed by atoms with E-state index in [0.29, 0.717) is 0 Å². The molecule has 1 aliphatic heterocycles. The molecule has 0 aliphatic carbocycles. The van der Waals surface area contributed by atoms with Gasteiger partial charge in [0.15, 0.2) is 6.04 Å². The van der Waals surface area contributed by atoms with Crippen molar-refractivity contribution in [3.63, 3.8) is 0 Å². The molecule has 13 heteroatoms. The standard InChI is InChI=1S/C13H19F3N4O5S/c1-12(2,3)25-10(21)8-5-17-7(6-24-26(4,22)23)9-18-11(13(14,15)16)19-20(8)9/h7-8,17H,5-6H2,1-4H3. The van der Waals surface area contributed by atoms with Gasteiger partial charge < -0.3 is 10.1 Å². The van der Waals surface area contributed by atoms with Gasteiger partial charge in [0.05, 0.1) is 18.9 Å².